The summed E-state index contributed by atoms with van der Waals surface area (Å²) < 4.78 is 0. The summed E-state index contributed by atoms with van der Waals surface area (Å²) in [5.74, 6) is 0. The molecule has 0 spiro atoms. The van der Waals surface area contributed by atoms with Gasteiger partial charge in [0.2, 0.25) is 0 Å². The molecule has 0 heterocycles. The van der Waals surface area contributed by atoms with Gasteiger partial charge in [-0.3, -0.25) is 0 Å². The van der Waals surface area contributed by atoms with Crippen LogP contribution in [0.1, 0.15) is 0 Å². The summed E-state index contributed by atoms with van der Waals surface area (Å²) in [5, 5.41) is 14.3. The van der Waals surface area contributed by atoms with E-state index in [4.69, 9.17) is 0 Å². The van der Waals surface area contributed by atoms with Crippen molar-refractivity contribution in [3.63, 3.8) is 0 Å². The summed E-state index contributed by atoms with van der Waals surface area (Å²) in [6.45, 7) is 3.18. The summed E-state index contributed by atoms with van der Waals surface area (Å²) >= 11 is 0. The van der Waals surface area contributed by atoms with Gasteiger partial charge < -0.3 is 0 Å². The Labute approximate surface area is 304 Å². The fraction of sp³-hybridized carbons (Fsp3) is 0.0392. The number of benzene rings is 10. The molecule has 0 radical (unpaired) electrons. The standard InChI is InChI=1S/C51H37P/c1-52(2,3)39-19-11-16-36(30-39)47-32-38-18-12-24-44-46(31-37-17-13-25-45(47)51(37)50(38)44)33-26-28-35(29-27-33)49-43-23-10-8-21-41(43)40-20-7-9-22-42(40)48(49)34-14-5-4-6-15-34/h4-32H,1H2,2-3H3. The Morgan fingerprint density at radius 3 is 1.33 bits per heavy atom. The van der Waals surface area contributed by atoms with Gasteiger partial charge in [0, 0.05) is 0 Å². The average molecular weight is 681 g/mol. The minimum absolute atomic E-state index is 1.22. The molecule has 0 saturated heterocycles. The van der Waals surface area contributed by atoms with Gasteiger partial charge in [-0.2, -0.15) is 0 Å². The molecule has 0 amide bonds. The molecule has 246 valence electrons. The Morgan fingerprint density at radius 1 is 0.346 bits per heavy atom. The Hall–Kier alpha value is -5.94. The Balaban J connectivity index is 1.18. The molecule has 10 rings (SSSR count). The lowest BCUT2D eigenvalue weighted by molar-refractivity contribution is 1.62. The van der Waals surface area contributed by atoms with Crippen molar-refractivity contribution in [1.82, 2.24) is 0 Å². The van der Waals surface area contributed by atoms with Crippen molar-refractivity contribution in [3.8, 4) is 44.5 Å². The summed E-state index contributed by atoms with van der Waals surface area (Å²) in [7, 11) is 0. The van der Waals surface area contributed by atoms with Gasteiger partial charge in [0.05, 0.1) is 0 Å². The second kappa shape index (κ2) is 11.8. The van der Waals surface area contributed by atoms with Crippen LogP contribution in [0.3, 0.4) is 0 Å². The highest BCUT2D eigenvalue weighted by Gasteiger charge is 2.20. The SMILES string of the molecule is C=P(C)(C)c1cccc(-c2cc3cccc4c(-c5ccc(-c6c(-c7ccccc7)c7ccccc7c7ccccc67)cc5)cc5cccc2c5c34)c1. The lowest BCUT2D eigenvalue weighted by atomic mass is 9.84. The van der Waals surface area contributed by atoms with Crippen LogP contribution in [0, 0.1) is 0 Å². The first kappa shape index (κ1) is 30.8. The molecule has 0 unspecified atom stereocenters. The van der Waals surface area contributed by atoms with E-state index in [0.717, 1.165) is 0 Å². The maximum Gasteiger partial charge on any atom is -0.00201 e. The van der Waals surface area contributed by atoms with Crippen LogP contribution in [0.4, 0.5) is 0 Å². The van der Waals surface area contributed by atoms with Gasteiger partial charge in [-0.05, 0) is 135 Å². The highest BCUT2D eigenvalue weighted by atomic mass is 31.2. The van der Waals surface area contributed by atoms with E-state index in [-0.39, 0.29) is 0 Å². The van der Waals surface area contributed by atoms with Crippen molar-refractivity contribution in [2.24, 2.45) is 0 Å². The lowest BCUT2D eigenvalue weighted by Gasteiger charge is -2.20. The normalized spacial score (nSPS) is 12.1. The third kappa shape index (κ3) is 4.83. The fourth-order valence-corrected chi connectivity index (χ4v) is 9.52. The minimum atomic E-state index is -1.40. The molecule has 0 fully saturated rings. The fourth-order valence-electron chi connectivity index (χ4n) is 8.54. The summed E-state index contributed by atoms with van der Waals surface area (Å²) in [4.78, 5) is 0. The van der Waals surface area contributed by atoms with E-state index < -0.39 is 6.89 Å². The first-order valence-electron chi connectivity index (χ1n) is 18.0. The molecule has 52 heavy (non-hydrogen) atoms. The molecule has 0 nitrogen and oxygen atoms in total. The largest absolute Gasteiger partial charge is 0.0971 e. The van der Waals surface area contributed by atoms with Crippen molar-refractivity contribution in [2.45, 2.75) is 0 Å². The Bertz CT molecular complexity index is 3030. The number of hydrogen-bond donors (Lipinski definition) is 0. The van der Waals surface area contributed by atoms with Crippen LogP contribution < -0.4 is 5.30 Å². The minimum Gasteiger partial charge on any atom is -0.0971 e. The zero-order valence-corrected chi connectivity index (χ0v) is 30.3. The zero-order chi connectivity index (χ0) is 35.0. The number of hydrogen-bond acceptors (Lipinski definition) is 0. The van der Waals surface area contributed by atoms with E-state index in [1.807, 2.05) is 0 Å². The third-order valence-corrected chi connectivity index (χ3v) is 12.6. The molecule has 0 bridgehead atoms. The van der Waals surface area contributed by atoms with E-state index in [1.165, 1.54) is 104 Å². The molecule has 10 aromatic carbocycles. The molecular formula is C51H37P. The van der Waals surface area contributed by atoms with Crippen LogP contribution in [0.25, 0.3) is 98.4 Å². The van der Waals surface area contributed by atoms with Crippen LogP contribution in [0.5, 0.6) is 0 Å². The topological polar surface area (TPSA) is 0 Å². The van der Waals surface area contributed by atoms with Crippen LogP contribution in [0.15, 0.2) is 176 Å². The number of rotatable bonds is 5. The van der Waals surface area contributed by atoms with Gasteiger partial charge in [0.1, 0.15) is 0 Å². The molecule has 0 aliphatic heterocycles. The monoisotopic (exact) mass is 680 g/mol. The van der Waals surface area contributed by atoms with E-state index >= 15 is 0 Å². The Morgan fingerprint density at radius 2 is 0.769 bits per heavy atom. The average Bonchev–Trinajstić information content (AvgIpc) is 3.19. The van der Waals surface area contributed by atoms with E-state index in [9.17, 15) is 0 Å². The smallest absolute Gasteiger partial charge is 0.00201 e. The van der Waals surface area contributed by atoms with Gasteiger partial charge in [-0.15, -0.1) is 0 Å². The molecule has 1 heteroatoms. The van der Waals surface area contributed by atoms with Crippen LogP contribution in [-0.4, -0.2) is 19.6 Å². The number of fused-ring (bicyclic) bond motifs is 3. The van der Waals surface area contributed by atoms with Crippen molar-refractivity contribution in [3.05, 3.63) is 176 Å². The van der Waals surface area contributed by atoms with Crippen molar-refractivity contribution >= 4 is 72.4 Å². The zero-order valence-electron chi connectivity index (χ0n) is 29.4. The Kier molecular flexibility index (Phi) is 7.01. The predicted molar refractivity (Wildman–Crippen MR) is 232 cm³/mol. The van der Waals surface area contributed by atoms with Gasteiger partial charge in [0.25, 0.3) is 0 Å². The molecule has 0 aliphatic carbocycles. The van der Waals surface area contributed by atoms with E-state index in [2.05, 4.69) is 196 Å². The predicted octanol–water partition coefficient (Wildman–Crippen LogP) is 13.9. The van der Waals surface area contributed by atoms with Crippen LogP contribution in [0.2, 0.25) is 0 Å². The molecular weight excluding hydrogens is 644 g/mol. The second-order valence-electron chi connectivity index (χ2n) is 14.7. The first-order chi connectivity index (χ1) is 25.4. The molecule has 0 aromatic heterocycles. The molecule has 0 N–H and O–H groups in total. The maximum absolute atomic E-state index is 4.53. The molecule has 0 saturated carbocycles. The van der Waals surface area contributed by atoms with Crippen molar-refractivity contribution < 1.29 is 0 Å². The van der Waals surface area contributed by atoms with Crippen molar-refractivity contribution in [2.75, 3.05) is 13.3 Å². The summed E-state index contributed by atoms with van der Waals surface area (Å²) in [6, 6.07) is 65.4. The lowest BCUT2D eigenvalue weighted by Crippen LogP contribution is -2.02. The van der Waals surface area contributed by atoms with Crippen LogP contribution in [-0.2, 0) is 0 Å². The van der Waals surface area contributed by atoms with Gasteiger partial charge >= 0.3 is 0 Å². The highest BCUT2D eigenvalue weighted by molar-refractivity contribution is 7.79. The van der Waals surface area contributed by atoms with Crippen LogP contribution >= 0.6 is 6.89 Å². The highest BCUT2D eigenvalue weighted by Crippen LogP contribution is 2.47. The molecule has 0 atom stereocenters. The van der Waals surface area contributed by atoms with Crippen molar-refractivity contribution in [1.29, 1.82) is 0 Å². The van der Waals surface area contributed by atoms with Gasteiger partial charge in [-0.25, -0.2) is 0 Å². The molecule has 10 aromatic rings. The van der Waals surface area contributed by atoms with E-state index in [0.29, 0.717) is 0 Å². The summed E-state index contributed by atoms with van der Waals surface area (Å²) in [6.07, 6.45) is 4.53. The maximum atomic E-state index is 4.53. The quantitative estimate of drug-likeness (QED) is 0.125. The molecule has 0 aliphatic rings. The van der Waals surface area contributed by atoms with E-state index in [1.54, 1.807) is 0 Å². The van der Waals surface area contributed by atoms with Gasteiger partial charge in [-0.1, -0.05) is 171 Å². The third-order valence-electron chi connectivity index (χ3n) is 11.0. The summed E-state index contributed by atoms with van der Waals surface area (Å²) in [5.41, 5.74) is 10.1. The first-order valence-corrected chi connectivity index (χ1v) is 20.9. The van der Waals surface area contributed by atoms with Gasteiger partial charge in [0.15, 0.2) is 0 Å². The second-order valence-corrected chi connectivity index (χ2v) is 18.6.